The van der Waals surface area contributed by atoms with Crippen molar-refractivity contribution in [1.82, 2.24) is 24.3 Å². The van der Waals surface area contributed by atoms with Crippen LogP contribution in [0.5, 0.6) is 5.75 Å². The van der Waals surface area contributed by atoms with E-state index in [1.165, 1.54) is 23.0 Å². The predicted molar refractivity (Wildman–Crippen MR) is 103 cm³/mol. The van der Waals surface area contributed by atoms with Gasteiger partial charge in [-0.2, -0.15) is 5.10 Å². The van der Waals surface area contributed by atoms with Crippen LogP contribution in [0.4, 0.5) is 4.39 Å². The van der Waals surface area contributed by atoms with E-state index in [1.807, 2.05) is 0 Å². The molecular weight excluding hydrogens is 397 g/mol. The van der Waals surface area contributed by atoms with Crippen LogP contribution in [0, 0.1) is 5.82 Å². The average molecular weight is 413 g/mol. The van der Waals surface area contributed by atoms with Crippen molar-refractivity contribution < 1.29 is 17.5 Å². The SMILES string of the molecule is COc1cccc(CNS(=O)(=O)c2cnc3ccc(-c4cncc(F)c4)nn23)c1. The maximum absolute atomic E-state index is 13.5. The standard InChI is InChI=1S/C19H16FN5O3S/c1-28-16-4-2-3-13(7-16)9-23-29(26,27)19-12-22-18-6-5-17(24-25(18)19)14-8-15(20)11-21-10-14/h2-8,10-12,23H,9H2,1H3. The number of imidazole rings is 1. The summed E-state index contributed by atoms with van der Waals surface area (Å²) in [5.41, 5.74) is 1.88. The molecule has 0 amide bonds. The average Bonchev–Trinajstić information content (AvgIpc) is 3.17. The van der Waals surface area contributed by atoms with E-state index < -0.39 is 15.8 Å². The van der Waals surface area contributed by atoms with E-state index >= 15 is 0 Å². The zero-order valence-electron chi connectivity index (χ0n) is 15.3. The quantitative estimate of drug-likeness (QED) is 0.521. The van der Waals surface area contributed by atoms with E-state index in [4.69, 9.17) is 4.74 Å². The lowest BCUT2D eigenvalue weighted by Crippen LogP contribution is -2.25. The zero-order chi connectivity index (χ0) is 20.4. The topological polar surface area (TPSA) is 98.5 Å². The zero-order valence-corrected chi connectivity index (χ0v) is 16.1. The molecular formula is C19H16FN5O3S. The molecule has 4 aromatic rings. The number of hydrogen-bond acceptors (Lipinski definition) is 6. The van der Waals surface area contributed by atoms with Crippen molar-refractivity contribution in [3.05, 3.63) is 72.4 Å². The molecule has 0 saturated carbocycles. The molecule has 29 heavy (non-hydrogen) atoms. The number of pyridine rings is 1. The largest absolute Gasteiger partial charge is 0.497 e. The first-order chi connectivity index (χ1) is 14.0. The van der Waals surface area contributed by atoms with Crippen molar-refractivity contribution in [2.24, 2.45) is 0 Å². The Morgan fingerprint density at radius 1 is 1.14 bits per heavy atom. The number of nitrogens with zero attached hydrogens (tertiary/aromatic N) is 4. The van der Waals surface area contributed by atoms with Crippen LogP contribution in [0.3, 0.4) is 0 Å². The number of hydrogen-bond donors (Lipinski definition) is 1. The normalized spacial score (nSPS) is 11.7. The van der Waals surface area contributed by atoms with Gasteiger partial charge in [0.2, 0.25) is 0 Å². The van der Waals surface area contributed by atoms with Gasteiger partial charge in [-0.15, -0.1) is 0 Å². The lowest BCUT2D eigenvalue weighted by Gasteiger charge is -2.08. The summed E-state index contributed by atoms with van der Waals surface area (Å²) in [4.78, 5) is 7.89. The Balaban J connectivity index is 1.66. The molecule has 148 valence electrons. The van der Waals surface area contributed by atoms with Crippen molar-refractivity contribution in [3.63, 3.8) is 0 Å². The number of benzene rings is 1. The summed E-state index contributed by atoms with van der Waals surface area (Å²) in [5.74, 6) is 0.120. The number of ether oxygens (including phenoxy) is 1. The number of halogens is 1. The van der Waals surface area contributed by atoms with Crippen LogP contribution in [-0.2, 0) is 16.6 Å². The van der Waals surface area contributed by atoms with Crippen molar-refractivity contribution in [3.8, 4) is 17.0 Å². The summed E-state index contributed by atoms with van der Waals surface area (Å²) in [7, 11) is -2.37. The molecule has 0 aliphatic heterocycles. The van der Waals surface area contributed by atoms with E-state index in [2.05, 4.69) is 19.8 Å². The molecule has 0 aliphatic carbocycles. The smallest absolute Gasteiger partial charge is 0.260 e. The first-order valence-corrected chi connectivity index (χ1v) is 10.0. The fourth-order valence-corrected chi connectivity index (χ4v) is 3.83. The Hall–Kier alpha value is -3.37. The number of fused-ring (bicyclic) bond motifs is 1. The first-order valence-electron chi connectivity index (χ1n) is 8.54. The summed E-state index contributed by atoms with van der Waals surface area (Å²) in [6.07, 6.45) is 3.75. The van der Waals surface area contributed by atoms with Gasteiger partial charge >= 0.3 is 0 Å². The van der Waals surface area contributed by atoms with Crippen LogP contribution in [0.25, 0.3) is 16.9 Å². The fourth-order valence-electron chi connectivity index (χ4n) is 2.78. The predicted octanol–water partition coefficient (Wildman–Crippen LogP) is 2.42. The second kappa shape index (κ2) is 7.57. The molecule has 0 spiro atoms. The van der Waals surface area contributed by atoms with Crippen LogP contribution in [-0.4, -0.2) is 35.1 Å². The molecule has 1 aromatic carbocycles. The second-order valence-electron chi connectivity index (χ2n) is 6.15. The molecule has 8 nitrogen and oxygen atoms in total. The third-order valence-corrected chi connectivity index (χ3v) is 5.56. The van der Waals surface area contributed by atoms with Crippen molar-refractivity contribution >= 4 is 15.7 Å². The van der Waals surface area contributed by atoms with E-state index in [9.17, 15) is 12.8 Å². The van der Waals surface area contributed by atoms with E-state index in [0.717, 1.165) is 11.8 Å². The highest BCUT2D eigenvalue weighted by molar-refractivity contribution is 7.89. The van der Waals surface area contributed by atoms with Crippen molar-refractivity contribution in [2.45, 2.75) is 11.6 Å². The van der Waals surface area contributed by atoms with E-state index in [1.54, 1.807) is 43.5 Å². The number of aromatic nitrogens is 4. The van der Waals surface area contributed by atoms with Gasteiger partial charge in [0, 0.05) is 18.3 Å². The van der Waals surface area contributed by atoms with Gasteiger partial charge in [0.25, 0.3) is 10.0 Å². The Kier molecular flexibility index (Phi) is 4.95. The maximum atomic E-state index is 13.5. The number of rotatable bonds is 6. The molecule has 3 heterocycles. The summed E-state index contributed by atoms with van der Waals surface area (Å²) < 4.78 is 48.0. The molecule has 3 aromatic heterocycles. The van der Waals surface area contributed by atoms with Gasteiger partial charge in [-0.3, -0.25) is 4.98 Å². The van der Waals surface area contributed by atoms with Gasteiger partial charge in [0.05, 0.1) is 25.2 Å². The van der Waals surface area contributed by atoms with Gasteiger partial charge in [0.15, 0.2) is 10.7 Å². The van der Waals surface area contributed by atoms with Crippen LogP contribution >= 0.6 is 0 Å². The molecule has 0 atom stereocenters. The van der Waals surface area contributed by atoms with Gasteiger partial charge in [0.1, 0.15) is 11.6 Å². The molecule has 4 rings (SSSR count). The Morgan fingerprint density at radius 3 is 2.79 bits per heavy atom. The highest BCUT2D eigenvalue weighted by Crippen LogP contribution is 2.19. The minimum atomic E-state index is -3.91. The highest BCUT2D eigenvalue weighted by atomic mass is 32.2. The van der Waals surface area contributed by atoms with Gasteiger partial charge in [-0.1, -0.05) is 12.1 Å². The number of sulfonamides is 1. The second-order valence-corrected chi connectivity index (χ2v) is 7.87. The van der Waals surface area contributed by atoms with E-state index in [-0.39, 0.29) is 11.6 Å². The van der Waals surface area contributed by atoms with Crippen molar-refractivity contribution in [2.75, 3.05) is 7.11 Å². The maximum Gasteiger partial charge on any atom is 0.260 e. The molecule has 10 heteroatoms. The first kappa shape index (κ1) is 19.0. The molecule has 0 fully saturated rings. The lowest BCUT2D eigenvalue weighted by molar-refractivity contribution is 0.414. The Bertz CT molecular complexity index is 1290. The lowest BCUT2D eigenvalue weighted by atomic mass is 10.2. The Labute approximate surface area is 166 Å². The van der Waals surface area contributed by atoms with E-state index in [0.29, 0.717) is 22.7 Å². The summed E-state index contributed by atoms with van der Waals surface area (Å²) >= 11 is 0. The highest BCUT2D eigenvalue weighted by Gasteiger charge is 2.20. The summed E-state index contributed by atoms with van der Waals surface area (Å²) in [6, 6.07) is 11.6. The van der Waals surface area contributed by atoms with Crippen LogP contribution in [0.1, 0.15) is 5.56 Å². The van der Waals surface area contributed by atoms with Crippen LogP contribution in [0.15, 0.2) is 66.1 Å². The fraction of sp³-hybridized carbons (Fsp3) is 0.105. The van der Waals surface area contributed by atoms with Crippen LogP contribution in [0.2, 0.25) is 0 Å². The minimum Gasteiger partial charge on any atom is -0.497 e. The Morgan fingerprint density at radius 2 is 2.00 bits per heavy atom. The third kappa shape index (κ3) is 3.93. The van der Waals surface area contributed by atoms with Gasteiger partial charge in [-0.05, 0) is 35.9 Å². The molecule has 0 bridgehead atoms. The van der Waals surface area contributed by atoms with Crippen LogP contribution < -0.4 is 9.46 Å². The van der Waals surface area contributed by atoms with Crippen molar-refractivity contribution in [1.29, 1.82) is 0 Å². The summed E-state index contributed by atoms with van der Waals surface area (Å²) in [6.45, 7) is 0.0697. The molecule has 1 N–H and O–H groups in total. The van der Waals surface area contributed by atoms with Gasteiger partial charge in [-0.25, -0.2) is 27.0 Å². The monoisotopic (exact) mass is 413 g/mol. The molecule has 0 radical (unpaired) electrons. The molecule has 0 unspecified atom stereocenters. The summed E-state index contributed by atoms with van der Waals surface area (Å²) in [5, 5.41) is 4.18. The van der Waals surface area contributed by atoms with Gasteiger partial charge < -0.3 is 4.74 Å². The third-order valence-electron chi connectivity index (χ3n) is 4.21. The minimum absolute atomic E-state index is 0.0697. The molecule has 0 saturated heterocycles. The number of methoxy groups -OCH3 is 1. The number of nitrogens with one attached hydrogen (secondary N) is 1. The molecule has 0 aliphatic rings.